The molecule has 1 nitrogen and oxygen atoms in total. The third kappa shape index (κ3) is 3.12. The quantitative estimate of drug-likeness (QED) is 0.780. The first-order valence-electron chi connectivity index (χ1n) is 6.94. The van der Waals surface area contributed by atoms with Gasteiger partial charge in [0.05, 0.1) is 11.5 Å². The second kappa shape index (κ2) is 5.69. The highest BCUT2D eigenvalue weighted by Gasteiger charge is 2.36. The van der Waals surface area contributed by atoms with E-state index >= 15 is 0 Å². The van der Waals surface area contributed by atoms with E-state index in [0.29, 0.717) is 12.3 Å². The zero-order valence-corrected chi connectivity index (χ0v) is 11.3. The van der Waals surface area contributed by atoms with Gasteiger partial charge >= 0.3 is 0 Å². The fourth-order valence-corrected chi connectivity index (χ4v) is 3.18. The smallest absolute Gasteiger partial charge is 0.159 e. The summed E-state index contributed by atoms with van der Waals surface area (Å²) in [6.45, 7) is 2.15. The average molecular weight is 263 g/mol. The summed E-state index contributed by atoms with van der Waals surface area (Å²) < 4.78 is 26.2. The van der Waals surface area contributed by atoms with Crippen molar-refractivity contribution < 1.29 is 8.78 Å². The van der Waals surface area contributed by atoms with Crippen LogP contribution < -0.4 is 0 Å². The lowest BCUT2D eigenvalue weighted by Gasteiger charge is -2.35. The molecule has 0 spiro atoms. The minimum atomic E-state index is -0.829. The molecule has 3 heteroatoms. The molecule has 0 aromatic heterocycles. The van der Waals surface area contributed by atoms with Crippen LogP contribution in [0.15, 0.2) is 18.2 Å². The van der Waals surface area contributed by atoms with Crippen LogP contribution in [-0.4, -0.2) is 0 Å². The van der Waals surface area contributed by atoms with Crippen LogP contribution in [0.5, 0.6) is 0 Å². The Bertz CT molecular complexity index is 492. The maximum absolute atomic E-state index is 13.2. The summed E-state index contributed by atoms with van der Waals surface area (Å²) in [5.41, 5.74) is 0.320. The maximum Gasteiger partial charge on any atom is 0.159 e. The van der Waals surface area contributed by atoms with Crippen LogP contribution in [0, 0.1) is 34.3 Å². The van der Waals surface area contributed by atoms with Crippen LogP contribution in [-0.2, 0) is 6.42 Å². The number of hydrogen-bond donors (Lipinski definition) is 0. The van der Waals surface area contributed by atoms with Crippen LogP contribution in [0.4, 0.5) is 8.78 Å². The number of benzene rings is 1. The lowest BCUT2D eigenvalue weighted by molar-refractivity contribution is 0.194. The highest BCUT2D eigenvalue weighted by Crippen LogP contribution is 2.42. The molecule has 0 radical (unpaired) electrons. The van der Waals surface area contributed by atoms with Crippen molar-refractivity contribution in [1.82, 2.24) is 0 Å². The number of nitrogens with zero attached hydrogens (tertiary/aromatic N) is 1. The molecule has 2 rings (SSSR count). The van der Waals surface area contributed by atoms with Crippen molar-refractivity contribution >= 4 is 0 Å². The normalized spacial score (nSPS) is 26.9. The summed E-state index contributed by atoms with van der Waals surface area (Å²) in [6, 6.07) is 6.41. The van der Waals surface area contributed by atoms with E-state index in [-0.39, 0.29) is 0 Å². The first kappa shape index (κ1) is 14.0. The molecule has 1 aromatic carbocycles. The molecule has 1 aromatic rings. The molecule has 0 saturated heterocycles. The summed E-state index contributed by atoms with van der Waals surface area (Å²) in [5.74, 6) is -1.07. The lowest BCUT2D eigenvalue weighted by Crippen LogP contribution is -2.29. The molecule has 2 unspecified atom stereocenters. The highest BCUT2D eigenvalue weighted by atomic mass is 19.2. The van der Waals surface area contributed by atoms with Crippen molar-refractivity contribution in [2.75, 3.05) is 0 Å². The zero-order valence-electron chi connectivity index (χ0n) is 11.3. The predicted octanol–water partition coefficient (Wildman–Crippen LogP) is 4.62. The second-order valence-corrected chi connectivity index (χ2v) is 5.69. The molecule has 1 fully saturated rings. The topological polar surface area (TPSA) is 23.8 Å². The summed E-state index contributed by atoms with van der Waals surface area (Å²) >= 11 is 0. The van der Waals surface area contributed by atoms with Crippen LogP contribution in [0.2, 0.25) is 0 Å². The van der Waals surface area contributed by atoms with Crippen LogP contribution in [0.25, 0.3) is 0 Å². The van der Waals surface area contributed by atoms with Gasteiger partial charge in [-0.1, -0.05) is 32.3 Å². The fraction of sp³-hybridized carbons (Fsp3) is 0.562. The largest absolute Gasteiger partial charge is 0.204 e. The molecule has 19 heavy (non-hydrogen) atoms. The van der Waals surface area contributed by atoms with E-state index in [0.717, 1.165) is 37.3 Å². The molecule has 0 aliphatic heterocycles. The summed E-state index contributed by atoms with van der Waals surface area (Å²) in [4.78, 5) is 0. The molecule has 1 aliphatic carbocycles. The third-order valence-corrected chi connectivity index (χ3v) is 4.29. The van der Waals surface area contributed by atoms with Gasteiger partial charge in [0, 0.05) is 0 Å². The molecule has 0 bridgehead atoms. The molecule has 102 valence electrons. The molecule has 1 saturated carbocycles. The van der Waals surface area contributed by atoms with E-state index in [1.165, 1.54) is 12.5 Å². The van der Waals surface area contributed by atoms with Crippen molar-refractivity contribution in [2.24, 2.45) is 11.3 Å². The fourth-order valence-electron chi connectivity index (χ4n) is 3.18. The number of halogens is 2. The number of hydrogen-bond acceptors (Lipinski definition) is 1. The van der Waals surface area contributed by atoms with E-state index in [1.54, 1.807) is 6.07 Å². The number of nitriles is 1. The monoisotopic (exact) mass is 263 g/mol. The van der Waals surface area contributed by atoms with Gasteiger partial charge in [-0.05, 0) is 42.9 Å². The first-order chi connectivity index (χ1) is 9.08. The Morgan fingerprint density at radius 2 is 2.16 bits per heavy atom. The van der Waals surface area contributed by atoms with Gasteiger partial charge in [-0.15, -0.1) is 0 Å². The van der Waals surface area contributed by atoms with E-state index in [4.69, 9.17) is 0 Å². The first-order valence-corrected chi connectivity index (χ1v) is 6.94. The van der Waals surface area contributed by atoms with E-state index in [9.17, 15) is 14.0 Å². The summed E-state index contributed by atoms with van der Waals surface area (Å²) in [5, 5.41) is 9.52. The molecule has 2 atom stereocenters. The van der Waals surface area contributed by atoms with Gasteiger partial charge in [0.2, 0.25) is 0 Å². The maximum atomic E-state index is 13.2. The average Bonchev–Trinajstić information content (AvgIpc) is 2.43. The van der Waals surface area contributed by atoms with Gasteiger partial charge in [0.15, 0.2) is 11.6 Å². The van der Waals surface area contributed by atoms with Gasteiger partial charge in [-0.2, -0.15) is 5.26 Å². The minimum Gasteiger partial charge on any atom is -0.204 e. The van der Waals surface area contributed by atoms with Crippen LogP contribution in [0.1, 0.15) is 44.6 Å². The molecular formula is C16H19F2N. The summed E-state index contributed by atoms with van der Waals surface area (Å²) in [6.07, 6.45) is 5.57. The van der Waals surface area contributed by atoms with E-state index in [1.807, 2.05) is 0 Å². The molecular weight excluding hydrogens is 244 g/mol. The van der Waals surface area contributed by atoms with Gasteiger partial charge in [0.25, 0.3) is 0 Å². The predicted molar refractivity (Wildman–Crippen MR) is 70.4 cm³/mol. The summed E-state index contributed by atoms with van der Waals surface area (Å²) in [7, 11) is 0. The van der Waals surface area contributed by atoms with Crippen LogP contribution in [0.3, 0.4) is 0 Å². The Morgan fingerprint density at radius 3 is 2.79 bits per heavy atom. The lowest BCUT2D eigenvalue weighted by atomic mass is 9.67. The Labute approximate surface area is 113 Å². The number of rotatable bonds is 3. The van der Waals surface area contributed by atoms with Crippen molar-refractivity contribution in [3.63, 3.8) is 0 Å². The molecule has 0 N–H and O–H groups in total. The van der Waals surface area contributed by atoms with Crippen LogP contribution >= 0.6 is 0 Å². The van der Waals surface area contributed by atoms with Crippen molar-refractivity contribution in [3.8, 4) is 6.07 Å². The van der Waals surface area contributed by atoms with E-state index in [2.05, 4.69) is 13.0 Å². The standard InChI is InChI=1S/C16H19F2N/c1-2-12-4-3-7-16(9-12,11-19)10-13-5-6-14(17)15(18)8-13/h5-6,8,12H,2-4,7,9-10H2,1H3. The third-order valence-electron chi connectivity index (χ3n) is 4.29. The second-order valence-electron chi connectivity index (χ2n) is 5.69. The Balaban J connectivity index is 2.18. The van der Waals surface area contributed by atoms with Crippen molar-refractivity contribution in [2.45, 2.75) is 45.4 Å². The van der Waals surface area contributed by atoms with Gasteiger partial charge in [-0.25, -0.2) is 8.78 Å². The van der Waals surface area contributed by atoms with Gasteiger partial charge in [-0.3, -0.25) is 0 Å². The Morgan fingerprint density at radius 1 is 1.37 bits per heavy atom. The zero-order chi connectivity index (χ0) is 13.9. The van der Waals surface area contributed by atoms with Crippen molar-refractivity contribution in [1.29, 1.82) is 5.26 Å². The highest BCUT2D eigenvalue weighted by molar-refractivity contribution is 5.22. The minimum absolute atomic E-state index is 0.400. The molecule has 0 heterocycles. The Hall–Kier alpha value is -1.43. The van der Waals surface area contributed by atoms with E-state index < -0.39 is 17.0 Å². The van der Waals surface area contributed by atoms with Gasteiger partial charge in [0.1, 0.15) is 0 Å². The Kier molecular flexibility index (Phi) is 4.19. The molecule has 0 amide bonds. The van der Waals surface area contributed by atoms with Gasteiger partial charge < -0.3 is 0 Å². The molecule has 1 aliphatic rings. The SMILES string of the molecule is CCC1CCCC(C#N)(Cc2ccc(F)c(F)c2)C1. The van der Waals surface area contributed by atoms with Crippen molar-refractivity contribution in [3.05, 3.63) is 35.4 Å².